The van der Waals surface area contributed by atoms with Crippen molar-refractivity contribution < 1.29 is 22.3 Å². The van der Waals surface area contributed by atoms with Crippen LogP contribution in [0.1, 0.15) is 37.7 Å². The minimum absolute atomic E-state index is 0.0160. The van der Waals surface area contributed by atoms with Gasteiger partial charge in [0.15, 0.2) is 5.82 Å². The Morgan fingerprint density at radius 3 is 2.64 bits per heavy atom. The summed E-state index contributed by atoms with van der Waals surface area (Å²) < 4.78 is 68.4. The van der Waals surface area contributed by atoms with Gasteiger partial charge in [-0.2, -0.15) is 9.97 Å². The molecule has 8 nitrogen and oxygen atoms in total. The summed E-state index contributed by atoms with van der Waals surface area (Å²) in [5, 5.41) is 4.18. The third kappa shape index (κ3) is 4.55. The second-order valence-corrected chi connectivity index (χ2v) is 12.7. The molecule has 4 atom stereocenters. The Hall–Kier alpha value is -4.21. The van der Waals surface area contributed by atoms with Crippen LogP contribution in [0.3, 0.4) is 0 Å². The minimum Gasteiger partial charge on any atom is -0.461 e. The molecule has 4 fully saturated rings. The first-order valence-electron chi connectivity index (χ1n) is 15.3. The lowest BCUT2D eigenvalue weighted by molar-refractivity contribution is 0.107. The van der Waals surface area contributed by atoms with Gasteiger partial charge >= 0.3 is 6.01 Å². The van der Waals surface area contributed by atoms with Crippen LogP contribution >= 0.6 is 0 Å². The number of halogens is 4. The number of benzene rings is 2. The van der Waals surface area contributed by atoms with Gasteiger partial charge in [-0.05, 0) is 55.8 Å². The first kappa shape index (κ1) is 28.3. The molecule has 6 heterocycles. The van der Waals surface area contributed by atoms with Gasteiger partial charge in [0.05, 0.1) is 22.4 Å². The van der Waals surface area contributed by atoms with Gasteiger partial charge < -0.3 is 20.7 Å². The van der Waals surface area contributed by atoms with E-state index >= 15 is 8.78 Å². The maximum Gasteiger partial charge on any atom is 0.319 e. The molecular formula is C33H31F4N7O. The highest BCUT2D eigenvalue weighted by atomic mass is 19.1. The van der Waals surface area contributed by atoms with Crippen molar-refractivity contribution in [1.29, 1.82) is 0 Å². The molecule has 2 aromatic carbocycles. The van der Waals surface area contributed by atoms with Crippen molar-refractivity contribution in [2.24, 2.45) is 0 Å². The first-order chi connectivity index (χ1) is 21.7. The molecule has 4 aliphatic heterocycles. The van der Waals surface area contributed by atoms with E-state index in [1.807, 2.05) is 4.90 Å². The van der Waals surface area contributed by atoms with Crippen molar-refractivity contribution in [3.63, 3.8) is 0 Å². The van der Waals surface area contributed by atoms with E-state index in [0.29, 0.717) is 37.3 Å². The molecule has 0 aliphatic carbocycles. The van der Waals surface area contributed by atoms with E-state index < -0.39 is 34.7 Å². The van der Waals surface area contributed by atoms with E-state index in [4.69, 9.17) is 21.9 Å². The quantitative estimate of drug-likeness (QED) is 0.246. The van der Waals surface area contributed by atoms with Gasteiger partial charge in [0.25, 0.3) is 0 Å². The van der Waals surface area contributed by atoms with E-state index in [0.717, 1.165) is 32.2 Å². The van der Waals surface area contributed by atoms with Crippen LogP contribution in [0.2, 0.25) is 0 Å². The molecule has 4 aliphatic rings. The molecule has 2 bridgehead atoms. The van der Waals surface area contributed by atoms with Crippen molar-refractivity contribution in [2.45, 2.75) is 55.9 Å². The van der Waals surface area contributed by atoms with Crippen molar-refractivity contribution in [1.82, 2.24) is 25.2 Å². The van der Waals surface area contributed by atoms with E-state index in [1.165, 1.54) is 24.3 Å². The van der Waals surface area contributed by atoms with E-state index in [2.05, 4.69) is 26.1 Å². The number of nitrogens with one attached hydrogen (secondary N) is 1. The topological polar surface area (TPSA) is 92.4 Å². The molecule has 45 heavy (non-hydrogen) atoms. The lowest BCUT2D eigenvalue weighted by atomic mass is 9.95. The Morgan fingerprint density at radius 2 is 1.87 bits per heavy atom. The van der Waals surface area contributed by atoms with Crippen LogP contribution in [0.4, 0.5) is 29.2 Å². The van der Waals surface area contributed by atoms with Gasteiger partial charge in [0, 0.05) is 48.9 Å². The number of hydrogen-bond donors (Lipinski definition) is 2. The largest absolute Gasteiger partial charge is 0.461 e. The molecule has 3 N–H and O–H groups in total. The fourth-order valence-corrected chi connectivity index (χ4v) is 7.97. The summed E-state index contributed by atoms with van der Waals surface area (Å²) in [6.45, 7) is 2.49. The zero-order valence-electron chi connectivity index (χ0n) is 24.4. The van der Waals surface area contributed by atoms with E-state index in [9.17, 15) is 8.78 Å². The number of pyridine rings is 1. The Labute approximate surface area is 257 Å². The number of rotatable bonds is 5. The summed E-state index contributed by atoms with van der Waals surface area (Å²) in [6.07, 6.45) is 8.73. The van der Waals surface area contributed by atoms with Crippen LogP contribution in [0.15, 0.2) is 24.3 Å². The molecule has 8 rings (SSSR count). The van der Waals surface area contributed by atoms with Gasteiger partial charge in [-0.15, -0.1) is 6.42 Å². The van der Waals surface area contributed by atoms with Gasteiger partial charge in [-0.25, -0.2) is 22.5 Å². The highest BCUT2D eigenvalue weighted by Gasteiger charge is 2.49. The van der Waals surface area contributed by atoms with Gasteiger partial charge in [-0.3, -0.25) is 4.90 Å². The van der Waals surface area contributed by atoms with Gasteiger partial charge in [0.1, 0.15) is 41.6 Å². The standard InChI is InChI=1S/C33H31F4N7O/c1-2-21-23(35)7-4-17-10-25(38)40-30(26(17)21)27-24(36)11-22-29(28(27)37)41-32(42-31(22)43-14-19-5-6-20(15-43)39-19)45-16-33-8-3-9-44(33)13-18(34)12-33/h1,4,7,10-11,18-20,39H,3,5-6,8-9,12-16H2,(H2,38,40)/t18-,19-,20+,33+/m1/s1. The Balaban J connectivity index is 1.30. The number of terminal acetylenes is 1. The summed E-state index contributed by atoms with van der Waals surface area (Å²) >= 11 is 0. The number of nitrogens with zero attached hydrogens (tertiary/aromatic N) is 5. The number of nitrogens with two attached hydrogens (primary N) is 1. The lowest BCUT2D eigenvalue weighted by Crippen LogP contribution is -2.51. The molecule has 0 saturated carbocycles. The third-order valence-corrected chi connectivity index (χ3v) is 9.94. The third-order valence-electron chi connectivity index (χ3n) is 9.94. The molecular weight excluding hydrogens is 586 g/mol. The summed E-state index contributed by atoms with van der Waals surface area (Å²) in [4.78, 5) is 17.5. The fraction of sp³-hybridized carbons (Fsp3) is 0.424. The Bertz CT molecular complexity index is 1900. The molecule has 232 valence electrons. The summed E-state index contributed by atoms with van der Waals surface area (Å²) in [6, 6.07) is 5.63. The van der Waals surface area contributed by atoms with Crippen LogP contribution < -0.4 is 20.7 Å². The van der Waals surface area contributed by atoms with E-state index in [-0.39, 0.29) is 58.1 Å². The number of fused-ring (bicyclic) bond motifs is 5. The zero-order chi connectivity index (χ0) is 31.0. The second kappa shape index (κ2) is 10.4. The fourth-order valence-electron chi connectivity index (χ4n) is 7.97. The molecule has 4 saturated heterocycles. The highest BCUT2D eigenvalue weighted by molar-refractivity contribution is 6.03. The zero-order valence-corrected chi connectivity index (χ0v) is 24.4. The smallest absolute Gasteiger partial charge is 0.319 e. The summed E-state index contributed by atoms with van der Waals surface area (Å²) in [5.41, 5.74) is 4.45. The molecule has 0 spiro atoms. The lowest BCUT2D eigenvalue weighted by Gasteiger charge is -2.34. The van der Waals surface area contributed by atoms with E-state index in [1.54, 1.807) is 0 Å². The molecule has 0 radical (unpaired) electrons. The summed E-state index contributed by atoms with van der Waals surface area (Å²) in [7, 11) is 0. The predicted octanol–water partition coefficient (Wildman–Crippen LogP) is 4.72. The van der Waals surface area contributed by atoms with Crippen LogP contribution in [0.5, 0.6) is 6.01 Å². The maximum absolute atomic E-state index is 16.8. The predicted molar refractivity (Wildman–Crippen MR) is 163 cm³/mol. The number of aromatic nitrogens is 3. The van der Waals surface area contributed by atoms with Crippen LogP contribution in [0, 0.1) is 29.8 Å². The molecule has 0 amide bonds. The molecule has 2 aromatic heterocycles. The maximum atomic E-state index is 16.8. The molecule has 0 unspecified atom stereocenters. The molecule has 4 aromatic rings. The average Bonchev–Trinajstić information content (AvgIpc) is 3.66. The van der Waals surface area contributed by atoms with Gasteiger partial charge in [0.2, 0.25) is 0 Å². The van der Waals surface area contributed by atoms with Crippen molar-refractivity contribution in [3.8, 4) is 29.6 Å². The SMILES string of the molecule is C#Cc1c(F)ccc2cc(N)nc(-c3c(F)cc4c(N5C[C@H]6CC[C@@H](C5)N6)nc(OC[C@@]56CCCN5C[C@H](F)C6)nc4c3F)c12. The van der Waals surface area contributed by atoms with Crippen LogP contribution in [-0.4, -0.2) is 76.4 Å². The second-order valence-electron chi connectivity index (χ2n) is 12.7. The Morgan fingerprint density at radius 1 is 1.07 bits per heavy atom. The van der Waals surface area contributed by atoms with Crippen molar-refractivity contribution >= 4 is 33.3 Å². The molecule has 12 heteroatoms. The first-order valence-corrected chi connectivity index (χ1v) is 15.3. The van der Waals surface area contributed by atoms with Gasteiger partial charge in [-0.1, -0.05) is 12.0 Å². The highest BCUT2D eigenvalue weighted by Crippen LogP contribution is 2.42. The number of nitrogen functional groups attached to an aromatic ring is 1. The van der Waals surface area contributed by atoms with Crippen LogP contribution in [0.25, 0.3) is 32.9 Å². The van der Waals surface area contributed by atoms with Crippen molar-refractivity contribution in [2.75, 3.05) is 43.4 Å². The minimum atomic E-state index is -1.02. The number of anilines is 2. The number of alkyl halides is 1. The number of ether oxygens (including phenoxy) is 1. The Kier molecular flexibility index (Phi) is 6.55. The van der Waals surface area contributed by atoms with Crippen molar-refractivity contribution in [3.05, 3.63) is 47.3 Å². The summed E-state index contributed by atoms with van der Waals surface area (Å²) in [5.74, 6) is -0.0533. The average molecular weight is 618 g/mol. The number of hydrogen-bond acceptors (Lipinski definition) is 8. The number of piperazine rings is 1. The van der Waals surface area contributed by atoms with Crippen LogP contribution in [-0.2, 0) is 0 Å². The normalized spacial score (nSPS) is 26.1. The monoisotopic (exact) mass is 617 g/mol.